The smallest absolute Gasteiger partial charge is 0.0912 e. The molecule has 0 aromatic carbocycles. The minimum Gasteiger partial charge on any atom is -0.501 e. The molecule has 0 aliphatic heterocycles. The normalized spacial score (nSPS) is 9.27. The number of unbranched alkanes of at least 4 members (excludes halogenated alkanes) is 2. The minimum absolute atomic E-state index is 0.715. The highest BCUT2D eigenvalue weighted by atomic mass is 16.5. The van der Waals surface area contributed by atoms with Crippen molar-refractivity contribution in [2.75, 3.05) is 6.61 Å². The van der Waals surface area contributed by atoms with E-state index in [0.29, 0.717) is 6.61 Å². The molecule has 0 aliphatic rings. The second-order valence-electron chi connectivity index (χ2n) is 2.18. The Kier molecular flexibility index (Phi) is 8.36. The number of hydrogen-bond donors (Lipinski definition) is 0. The van der Waals surface area contributed by atoms with E-state index in [9.17, 15) is 0 Å². The molecule has 62 valence electrons. The Morgan fingerprint density at radius 3 is 2.82 bits per heavy atom. The molecule has 11 heavy (non-hydrogen) atoms. The largest absolute Gasteiger partial charge is 0.501 e. The molecule has 1 heteroatoms. The van der Waals surface area contributed by atoms with Crippen molar-refractivity contribution in [3.05, 3.63) is 12.3 Å². The molecule has 0 aliphatic carbocycles. The van der Waals surface area contributed by atoms with Gasteiger partial charge in [0.2, 0.25) is 0 Å². The highest BCUT2D eigenvalue weighted by Gasteiger charge is 1.74. The Bertz CT molecular complexity index is 148. The third kappa shape index (κ3) is 9.10. The van der Waals surface area contributed by atoms with Crippen LogP contribution in [0.15, 0.2) is 12.3 Å². The molecule has 1 nitrogen and oxygen atoms in total. The van der Waals surface area contributed by atoms with Crippen molar-refractivity contribution < 1.29 is 4.74 Å². The molecule has 0 aromatic rings. The standard InChI is InChI=1S/C10H16O/c1-3-5-6-7-8-9-10-11-4-2/h9-10H,3-6H2,1-2H3/b10-9+. The fourth-order valence-electron chi connectivity index (χ4n) is 0.575. The maximum atomic E-state index is 4.96. The van der Waals surface area contributed by atoms with Gasteiger partial charge in [-0.25, -0.2) is 0 Å². The molecular formula is C10H16O. The van der Waals surface area contributed by atoms with Gasteiger partial charge in [-0.05, 0) is 13.3 Å². The van der Waals surface area contributed by atoms with Crippen molar-refractivity contribution in [3.8, 4) is 11.8 Å². The Morgan fingerprint density at radius 1 is 1.36 bits per heavy atom. The summed E-state index contributed by atoms with van der Waals surface area (Å²) in [7, 11) is 0. The molecule has 0 saturated carbocycles. The van der Waals surface area contributed by atoms with Crippen LogP contribution in [0.3, 0.4) is 0 Å². The Labute approximate surface area is 69.4 Å². The summed E-state index contributed by atoms with van der Waals surface area (Å²) in [6.45, 7) is 4.83. The highest BCUT2D eigenvalue weighted by molar-refractivity contribution is 5.13. The van der Waals surface area contributed by atoms with Gasteiger partial charge in [0.25, 0.3) is 0 Å². The first-order valence-electron chi connectivity index (χ1n) is 4.16. The minimum atomic E-state index is 0.715. The fourth-order valence-corrected chi connectivity index (χ4v) is 0.575. The first-order chi connectivity index (χ1) is 5.41. The van der Waals surface area contributed by atoms with Crippen molar-refractivity contribution in [1.29, 1.82) is 0 Å². The van der Waals surface area contributed by atoms with Crippen LogP contribution < -0.4 is 0 Å². The van der Waals surface area contributed by atoms with Gasteiger partial charge in [0.1, 0.15) is 0 Å². The van der Waals surface area contributed by atoms with E-state index >= 15 is 0 Å². The molecule has 0 saturated heterocycles. The lowest BCUT2D eigenvalue weighted by atomic mass is 10.2. The zero-order valence-corrected chi connectivity index (χ0v) is 7.39. The van der Waals surface area contributed by atoms with E-state index in [-0.39, 0.29) is 0 Å². The maximum Gasteiger partial charge on any atom is 0.0912 e. The van der Waals surface area contributed by atoms with Gasteiger partial charge in [0.05, 0.1) is 12.9 Å². The van der Waals surface area contributed by atoms with Gasteiger partial charge in [-0.3, -0.25) is 0 Å². The summed E-state index contributed by atoms with van der Waals surface area (Å²) in [6, 6.07) is 0. The summed E-state index contributed by atoms with van der Waals surface area (Å²) in [4.78, 5) is 0. The van der Waals surface area contributed by atoms with E-state index < -0.39 is 0 Å². The van der Waals surface area contributed by atoms with Crippen LogP contribution >= 0.6 is 0 Å². The van der Waals surface area contributed by atoms with Crippen molar-refractivity contribution >= 4 is 0 Å². The fraction of sp³-hybridized carbons (Fsp3) is 0.600. The predicted octanol–water partition coefficient (Wildman–Crippen LogP) is 2.73. The average Bonchev–Trinajstić information content (AvgIpc) is 2.03. The average molecular weight is 152 g/mol. The second-order valence-corrected chi connectivity index (χ2v) is 2.18. The van der Waals surface area contributed by atoms with Gasteiger partial charge in [-0.2, -0.15) is 0 Å². The van der Waals surface area contributed by atoms with Gasteiger partial charge < -0.3 is 4.74 Å². The molecule has 0 bridgehead atoms. The molecule has 0 atom stereocenters. The third-order valence-corrected chi connectivity index (χ3v) is 1.17. The maximum absolute atomic E-state index is 4.96. The Balaban J connectivity index is 3.24. The van der Waals surface area contributed by atoms with E-state index in [4.69, 9.17) is 4.74 Å². The van der Waals surface area contributed by atoms with Gasteiger partial charge >= 0.3 is 0 Å². The predicted molar refractivity (Wildman–Crippen MR) is 48.1 cm³/mol. The van der Waals surface area contributed by atoms with Gasteiger partial charge in [0.15, 0.2) is 0 Å². The molecule has 0 unspecified atom stereocenters. The topological polar surface area (TPSA) is 9.23 Å². The Morgan fingerprint density at radius 2 is 2.18 bits per heavy atom. The zero-order valence-electron chi connectivity index (χ0n) is 7.39. The van der Waals surface area contributed by atoms with Crippen LogP contribution in [0.4, 0.5) is 0 Å². The molecule has 0 heterocycles. The zero-order chi connectivity index (χ0) is 8.36. The van der Waals surface area contributed by atoms with Crippen molar-refractivity contribution in [2.24, 2.45) is 0 Å². The number of allylic oxidation sites excluding steroid dienone is 1. The molecule has 0 fully saturated rings. The van der Waals surface area contributed by atoms with E-state index in [1.807, 2.05) is 6.92 Å². The highest BCUT2D eigenvalue weighted by Crippen LogP contribution is 1.90. The van der Waals surface area contributed by atoms with E-state index in [1.165, 1.54) is 12.8 Å². The van der Waals surface area contributed by atoms with Crippen LogP contribution in [0.1, 0.15) is 33.1 Å². The van der Waals surface area contributed by atoms with Crippen LogP contribution in [0.25, 0.3) is 0 Å². The van der Waals surface area contributed by atoms with E-state index in [0.717, 1.165) is 6.42 Å². The van der Waals surface area contributed by atoms with Gasteiger partial charge in [-0.1, -0.05) is 25.2 Å². The second kappa shape index (κ2) is 9.10. The van der Waals surface area contributed by atoms with Crippen LogP contribution in [0.5, 0.6) is 0 Å². The van der Waals surface area contributed by atoms with Crippen LogP contribution in [-0.4, -0.2) is 6.61 Å². The number of ether oxygens (including phenoxy) is 1. The molecule has 0 aromatic heterocycles. The summed E-state index contributed by atoms with van der Waals surface area (Å²) in [6.07, 6.45) is 6.78. The quantitative estimate of drug-likeness (QED) is 0.342. The molecule has 0 spiro atoms. The van der Waals surface area contributed by atoms with Crippen LogP contribution in [0, 0.1) is 11.8 Å². The van der Waals surface area contributed by atoms with Crippen LogP contribution in [-0.2, 0) is 4.74 Å². The summed E-state index contributed by atoms with van der Waals surface area (Å²) < 4.78 is 4.96. The monoisotopic (exact) mass is 152 g/mol. The van der Waals surface area contributed by atoms with E-state index in [2.05, 4.69) is 18.8 Å². The number of rotatable bonds is 4. The van der Waals surface area contributed by atoms with Crippen molar-refractivity contribution in [2.45, 2.75) is 33.1 Å². The molecule has 0 radical (unpaired) electrons. The SMILES string of the molecule is CCCCC#C/C=C/OCC. The van der Waals surface area contributed by atoms with Crippen molar-refractivity contribution in [1.82, 2.24) is 0 Å². The lowest BCUT2D eigenvalue weighted by Gasteiger charge is -1.87. The lowest BCUT2D eigenvalue weighted by Crippen LogP contribution is -1.74. The summed E-state index contributed by atoms with van der Waals surface area (Å²) in [5.41, 5.74) is 0. The van der Waals surface area contributed by atoms with Crippen molar-refractivity contribution in [3.63, 3.8) is 0 Å². The summed E-state index contributed by atoms with van der Waals surface area (Å²) in [5.74, 6) is 5.93. The van der Waals surface area contributed by atoms with Gasteiger partial charge in [0, 0.05) is 12.5 Å². The van der Waals surface area contributed by atoms with E-state index in [1.54, 1.807) is 12.3 Å². The van der Waals surface area contributed by atoms with Crippen LogP contribution in [0.2, 0.25) is 0 Å². The van der Waals surface area contributed by atoms with Gasteiger partial charge in [-0.15, -0.1) is 0 Å². The lowest BCUT2D eigenvalue weighted by molar-refractivity contribution is 0.269. The molecule has 0 amide bonds. The Hall–Kier alpha value is -0.900. The summed E-state index contributed by atoms with van der Waals surface area (Å²) in [5, 5.41) is 0. The summed E-state index contributed by atoms with van der Waals surface area (Å²) >= 11 is 0. The first kappa shape index (κ1) is 10.1. The molecule has 0 rings (SSSR count). The molecule has 0 N–H and O–H groups in total. The third-order valence-electron chi connectivity index (χ3n) is 1.17. The first-order valence-corrected chi connectivity index (χ1v) is 4.16. The number of hydrogen-bond acceptors (Lipinski definition) is 1. The molecular weight excluding hydrogens is 136 g/mol.